The third-order valence-corrected chi connectivity index (χ3v) is 11.3. The number of hydrogen-bond acceptors (Lipinski definition) is 7. The Bertz CT molecular complexity index is 1570. The van der Waals surface area contributed by atoms with Crippen molar-refractivity contribution in [2.24, 2.45) is 17.8 Å². The Morgan fingerprint density at radius 1 is 1.08 bits per heavy atom. The van der Waals surface area contributed by atoms with Gasteiger partial charge in [0.2, 0.25) is 17.7 Å². The number of ether oxygens (including phenoxy) is 2. The number of carbonyl (C=O) groups is 4. The zero-order valence-corrected chi connectivity index (χ0v) is 30.4. The van der Waals surface area contributed by atoms with Crippen molar-refractivity contribution in [3.05, 3.63) is 97.1 Å². The lowest BCUT2D eigenvalue weighted by atomic mass is 9.70. The normalized spacial score (nSPS) is 25.7. The van der Waals surface area contributed by atoms with Crippen LogP contribution in [0, 0.1) is 17.8 Å². The molecule has 0 unspecified atom stereocenters. The van der Waals surface area contributed by atoms with Crippen LogP contribution in [0.4, 0.5) is 0 Å². The van der Waals surface area contributed by atoms with Gasteiger partial charge < -0.3 is 29.3 Å². The van der Waals surface area contributed by atoms with E-state index in [0.29, 0.717) is 37.8 Å². The monoisotopic (exact) mass is 699 g/mol. The van der Waals surface area contributed by atoms with Crippen molar-refractivity contribution in [3.8, 4) is 0 Å². The lowest BCUT2D eigenvalue weighted by Crippen LogP contribution is -2.59. The first-order valence-electron chi connectivity index (χ1n) is 18.2. The fourth-order valence-corrected chi connectivity index (χ4v) is 8.30. The zero-order chi connectivity index (χ0) is 36.9. The van der Waals surface area contributed by atoms with E-state index in [1.807, 2.05) is 81.4 Å². The van der Waals surface area contributed by atoms with Crippen LogP contribution in [-0.4, -0.2) is 93.5 Å². The quantitative estimate of drug-likeness (QED) is 0.181. The number of hydrogen-bond donors (Lipinski definition) is 1. The average Bonchev–Trinajstić information content (AvgIpc) is 3.80. The molecular formula is C41H53N3O7. The Balaban J connectivity index is 1.52. The first-order chi connectivity index (χ1) is 24.5. The number of allylic oxidation sites excluding steroid dienone is 1. The molecule has 0 radical (unpaired) electrons. The second kappa shape index (κ2) is 16.4. The van der Waals surface area contributed by atoms with Crippen molar-refractivity contribution in [1.29, 1.82) is 0 Å². The molecule has 3 saturated heterocycles. The highest BCUT2D eigenvalue weighted by molar-refractivity contribution is 5.98. The highest BCUT2D eigenvalue weighted by Gasteiger charge is 2.76. The van der Waals surface area contributed by atoms with E-state index < -0.39 is 53.7 Å². The molecule has 1 N–H and O–H groups in total. The van der Waals surface area contributed by atoms with E-state index in [1.54, 1.807) is 29.0 Å². The molecule has 3 heterocycles. The largest absolute Gasteiger partial charge is 0.455 e. The molecule has 3 fully saturated rings. The number of carbonyl (C=O) groups excluding carboxylic acids is 4. The Kier molecular flexibility index (Phi) is 12.2. The lowest BCUT2D eigenvalue weighted by molar-refractivity contribution is -0.165. The number of aliphatic hydroxyl groups is 1. The van der Waals surface area contributed by atoms with Crippen LogP contribution in [0.2, 0.25) is 0 Å². The Hall–Kier alpha value is -4.28. The van der Waals surface area contributed by atoms with Crippen molar-refractivity contribution in [2.75, 3.05) is 20.2 Å². The second-order valence-electron chi connectivity index (χ2n) is 14.3. The summed E-state index contributed by atoms with van der Waals surface area (Å²) in [7, 11) is 1.69. The summed E-state index contributed by atoms with van der Waals surface area (Å²) in [5, 5.41) is 10.7. The molecule has 0 aliphatic carbocycles. The average molecular weight is 700 g/mol. The molecule has 5 rings (SSSR count). The summed E-state index contributed by atoms with van der Waals surface area (Å²) >= 11 is 0. The molecule has 2 aromatic rings. The minimum atomic E-state index is -1.27. The molecular weight excluding hydrogens is 646 g/mol. The fourth-order valence-electron chi connectivity index (χ4n) is 8.30. The number of nitrogens with zero attached hydrogens (tertiary/aromatic N) is 3. The molecule has 3 aliphatic heterocycles. The van der Waals surface area contributed by atoms with Gasteiger partial charge in [0, 0.05) is 26.6 Å². The molecule has 3 amide bonds. The van der Waals surface area contributed by atoms with Crippen LogP contribution in [0.25, 0.3) is 0 Å². The summed E-state index contributed by atoms with van der Waals surface area (Å²) < 4.78 is 13.1. The third kappa shape index (κ3) is 7.26. The number of likely N-dealkylation sites (N-methyl/N-ethyl adjacent to an activating group) is 1. The standard InChI is InChI=1S/C41H53N3O7/c1-7-10-21-33(46)42(6)28(5)36(30-19-15-12-16-20-30)50-40(49)34-32-22-23-41(51-32)35(34)38(47)44(31(26-45)27(4)9-3)37(41)39(48)43(24-8-2)25-29-17-13-11-14-18-29/h7-8,11-20,27-28,31-32,34-37,45H,1-2,9-10,21-26H2,3-6H3/t27-,28+,31-,32-,34+,35+,36-,37-,41+/m0/s1. The Labute approximate surface area is 302 Å². The van der Waals surface area contributed by atoms with Crippen LogP contribution in [0.3, 0.4) is 0 Å². The van der Waals surface area contributed by atoms with Crippen molar-refractivity contribution in [1.82, 2.24) is 14.7 Å². The first kappa shape index (κ1) is 38.0. The molecule has 10 heteroatoms. The minimum absolute atomic E-state index is 0.107. The fraction of sp³-hybridized carbons (Fsp3) is 0.512. The summed E-state index contributed by atoms with van der Waals surface area (Å²) in [6.07, 6.45) is 4.25. The van der Waals surface area contributed by atoms with E-state index in [1.165, 1.54) is 4.90 Å². The van der Waals surface area contributed by atoms with E-state index >= 15 is 0 Å². The van der Waals surface area contributed by atoms with Gasteiger partial charge in [0.25, 0.3) is 0 Å². The zero-order valence-electron chi connectivity index (χ0n) is 30.4. The van der Waals surface area contributed by atoms with Gasteiger partial charge in [0.1, 0.15) is 17.7 Å². The number of benzene rings is 2. The molecule has 51 heavy (non-hydrogen) atoms. The van der Waals surface area contributed by atoms with Crippen LogP contribution in [0.5, 0.6) is 0 Å². The van der Waals surface area contributed by atoms with Gasteiger partial charge in [-0.3, -0.25) is 19.2 Å². The summed E-state index contributed by atoms with van der Waals surface area (Å²) in [4.78, 5) is 62.0. The van der Waals surface area contributed by atoms with Crippen molar-refractivity contribution in [2.45, 2.75) is 95.4 Å². The highest BCUT2D eigenvalue weighted by Crippen LogP contribution is 2.59. The first-order valence-corrected chi connectivity index (χ1v) is 18.2. The van der Waals surface area contributed by atoms with Gasteiger partial charge in [-0.1, -0.05) is 93.1 Å². The van der Waals surface area contributed by atoms with Gasteiger partial charge in [0.05, 0.1) is 36.6 Å². The molecule has 0 saturated carbocycles. The van der Waals surface area contributed by atoms with Crippen molar-refractivity contribution in [3.63, 3.8) is 0 Å². The molecule has 10 nitrogen and oxygen atoms in total. The molecule has 274 valence electrons. The highest BCUT2D eigenvalue weighted by atomic mass is 16.6. The topological polar surface area (TPSA) is 117 Å². The Morgan fingerprint density at radius 2 is 1.75 bits per heavy atom. The van der Waals surface area contributed by atoms with Crippen molar-refractivity contribution < 1.29 is 33.8 Å². The van der Waals surface area contributed by atoms with Crippen LogP contribution in [-0.2, 0) is 35.2 Å². The number of esters is 1. The molecule has 2 bridgehead atoms. The summed E-state index contributed by atoms with van der Waals surface area (Å²) in [6.45, 7) is 13.6. The molecule has 0 aromatic heterocycles. The van der Waals surface area contributed by atoms with Gasteiger partial charge in [0.15, 0.2) is 0 Å². The van der Waals surface area contributed by atoms with Crippen LogP contribution in [0.15, 0.2) is 86.0 Å². The van der Waals surface area contributed by atoms with Crippen LogP contribution in [0.1, 0.15) is 70.1 Å². The predicted octanol–water partition coefficient (Wildman–Crippen LogP) is 5.08. The molecule has 3 aliphatic rings. The molecule has 2 aromatic carbocycles. The van der Waals surface area contributed by atoms with E-state index in [-0.39, 0.29) is 43.2 Å². The molecule has 1 spiro atoms. The summed E-state index contributed by atoms with van der Waals surface area (Å²) in [6, 6.07) is 16.6. The van der Waals surface area contributed by atoms with Gasteiger partial charge >= 0.3 is 5.97 Å². The number of likely N-dealkylation sites (tertiary alicyclic amines) is 1. The van der Waals surface area contributed by atoms with E-state index in [0.717, 1.165) is 5.56 Å². The number of rotatable bonds is 17. The van der Waals surface area contributed by atoms with Crippen LogP contribution >= 0.6 is 0 Å². The molecule has 9 atom stereocenters. The third-order valence-electron chi connectivity index (χ3n) is 11.3. The predicted molar refractivity (Wildman–Crippen MR) is 194 cm³/mol. The van der Waals surface area contributed by atoms with Gasteiger partial charge in [-0.05, 0) is 43.2 Å². The number of fused-ring (bicyclic) bond motifs is 1. The maximum absolute atomic E-state index is 14.9. The van der Waals surface area contributed by atoms with Crippen LogP contribution < -0.4 is 0 Å². The van der Waals surface area contributed by atoms with E-state index in [4.69, 9.17) is 9.47 Å². The van der Waals surface area contributed by atoms with E-state index in [2.05, 4.69) is 13.2 Å². The number of aliphatic hydroxyl groups excluding tert-OH is 1. The van der Waals surface area contributed by atoms with Gasteiger partial charge in [-0.25, -0.2) is 0 Å². The minimum Gasteiger partial charge on any atom is -0.455 e. The SMILES string of the molecule is C=CCCC(=O)N(C)[C@H](C)[C@H](OC(=O)[C@@H]1[C@@H]2CC[C@]3(O2)[C@H](C(=O)N(CC=C)Cc2ccccc2)N([C@@H](CO)[C@@H](C)CC)C(=O)[C@@H]13)c1ccccc1. The van der Waals surface area contributed by atoms with E-state index in [9.17, 15) is 24.3 Å². The summed E-state index contributed by atoms with van der Waals surface area (Å²) in [5.41, 5.74) is 0.363. The maximum Gasteiger partial charge on any atom is 0.313 e. The smallest absolute Gasteiger partial charge is 0.313 e. The van der Waals surface area contributed by atoms with Crippen molar-refractivity contribution >= 4 is 23.7 Å². The second-order valence-corrected chi connectivity index (χ2v) is 14.3. The van der Waals surface area contributed by atoms with Gasteiger partial charge in [-0.2, -0.15) is 0 Å². The number of amides is 3. The van der Waals surface area contributed by atoms with Gasteiger partial charge in [-0.15, -0.1) is 13.2 Å². The Morgan fingerprint density at radius 3 is 2.35 bits per heavy atom. The summed E-state index contributed by atoms with van der Waals surface area (Å²) in [5.74, 6) is -3.47. The maximum atomic E-state index is 14.9. The lowest BCUT2D eigenvalue weighted by Gasteiger charge is -2.41.